The molecular weight excluding hydrogens is 376 g/mol. The first-order chi connectivity index (χ1) is 14.0. The molecule has 0 unspecified atom stereocenters. The van der Waals surface area contributed by atoms with Crippen molar-refractivity contribution in [3.05, 3.63) is 82.0 Å². The molecule has 1 atom stereocenters. The van der Waals surface area contributed by atoms with E-state index in [1.54, 1.807) is 12.1 Å². The summed E-state index contributed by atoms with van der Waals surface area (Å²) in [5.41, 5.74) is 6.49. The highest BCUT2D eigenvalue weighted by atomic mass is 16.3. The number of aromatic nitrogens is 1. The maximum absolute atomic E-state index is 11.6. The highest BCUT2D eigenvalue weighted by molar-refractivity contribution is 5.87. The largest absolute Gasteiger partial charge is 0.506 e. The normalized spacial score (nSPS) is 14.5. The first-order valence-corrected chi connectivity index (χ1v) is 10.4. The second kappa shape index (κ2) is 9.02. The molecule has 0 spiro atoms. The van der Waals surface area contributed by atoms with E-state index < -0.39 is 6.10 Å². The van der Waals surface area contributed by atoms with Gasteiger partial charge in [-0.15, -0.1) is 0 Å². The smallest absolute Gasteiger partial charge is 0.248 e. The van der Waals surface area contributed by atoms with Crippen molar-refractivity contribution in [2.24, 2.45) is 0 Å². The summed E-state index contributed by atoms with van der Waals surface area (Å²) in [6.07, 6.45) is 3.34. The van der Waals surface area contributed by atoms with Crippen LogP contribution in [0.3, 0.4) is 0 Å². The lowest BCUT2D eigenvalue weighted by Crippen LogP contribution is -2.33. The first-order valence-electron chi connectivity index (χ1n) is 10.4. The second-order valence-electron chi connectivity index (χ2n) is 7.91. The van der Waals surface area contributed by atoms with Crippen molar-refractivity contribution in [2.45, 2.75) is 51.7 Å². The molecule has 5 nitrogen and oxygen atoms in total. The van der Waals surface area contributed by atoms with Gasteiger partial charge in [-0.2, -0.15) is 0 Å². The number of fused-ring (bicyclic) bond motifs is 2. The lowest BCUT2D eigenvalue weighted by Gasteiger charge is -2.18. The Morgan fingerprint density at radius 2 is 1.70 bits per heavy atom. The highest BCUT2D eigenvalue weighted by Crippen LogP contribution is 2.30. The van der Waals surface area contributed by atoms with Crippen LogP contribution in [0.1, 0.15) is 47.8 Å². The number of rotatable bonds is 6. The van der Waals surface area contributed by atoms with Crippen molar-refractivity contribution in [3.63, 3.8) is 0 Å². The molecule has 0 amide bonds. The third-order valence-electron chi connectivity index (χ3n) is 6.08. The fourth-order valence-corrected chi connectivity index (χ4v) is 4.51. The number of aryl methyl sites for hydroxylation is 2. The Balaban J connectivity index is 0.00000256. The van der Waals surface area contributed by atoms with Crippen LogP contribution in [0.5, 0.6) is 5.75 Å². The quantitative estimate of drug-likeness (QED) is 0.471. The summed E-state index contributed by atoms with van der Waals surface area (Å²) >= 11 is 0. The molecule has 0 radical (unpaired) electrons. The van der Waals surface area contributed by atoms with E-state index in [1.807, 2.05) is 0 Å². The molecule has 30 heavy (non-hydrogen) atoms. The number of hydrogen-bond acceptors (Lipinski definition) is 4. The Kier molecular flexibility index (Phi) is 6.64. The van der Waals surface area contributed by atoms with Crippen LogP contribution in [0, 0.1) is 7.43 Å². The lowest BCUT2D eigenvalue weighted by molar-refractivity contribution is 0.171. The SMILES string of the molecule is CCc1cc2c(cc1CC)CC(NC[C@@H](O)c1ccc(O)c3[nH]c(=O)ccc13)C2.[CH3-]. The number of aromatic hydroxyl groups is 1. The molecule has 0 aliphatic heterocycles. The summed E-state index contributed by atoms with van der Waals surface area (Å²) in [5.74, 6) is 0.00584. The average Bonchev–Trinajstić information content (AvgIpc) is 3.13. The third-order valence-corrected chi connectivity index (χ3v) is 6.08. The highest BCUT2D eigenvalue weighted by Gasteiger charge is 2.23. The zero-order valence-corrected chi connectivity index (χ0v) is 18.0. The Morgan fingerprint density at radius 1 is 1.07 bits per heavy atom. The molecule has 0 bridgehead atoms. The molecule has 0 saturated heterocycles. The van der Waals surface area contributed by atoms with Gasteiger partial charge in [-0.05, 0) is 65.6 Å². The summed E-state index contributed by atoms with van der Waals surface area (Å²) in [4.78, 5) is 14.2. The molecule has 1 aliphatic carbocycles. The van der Waals surface area contributed by atoms with Gasteiger partial charge >= 0.3 is 0 Å². The molecule has 5 heteroatoms. The van der Waals surface area contributed by atoms with Crippen LogP contribution in [0.4, 0.5) is 0 Å². The van der Waals surface area contributed by atoms with E-state index in [0.717, 1.165) is 25.7 Å². The van der Waals surface area contributed by atoms with E-state index in [0.29, 0.717) is 29.1 Å². The van der Waals surface area contributed by atoms with Crippen LogP contribution >= 0.6 is 0 Å². The number of phenolic OH excluding ortho intramolecular Hbond substituents is 1. The Bertz CT molecular complexity index is 1070. The topological polar surface area (TPSA) is 85.3 Å². The summed E-state index contributed by atoms with van der Waals surface area (Å²) in [6, 6.07) is 11.3. The minimum atomic E-state index is -0.731. The number of aliphatic hydroxyl groups excluding tert-OH is 1. The van der Waals surface area contributed by atoms with Gasteiger partial charge in [0.05, 0.1) is 11.6 Å². The molecule has 1 heterocycles. The first kappa shape index (κ1) is 22.1. The molecule has 1 aromatic heterocycles. The molecule has 0 fully saturated rings. The average molecular weight is 408 g/mol. The molecule has 1 aliphatic rings. The number of pyridine rings is 1. The van der Waals surface area contributed by atoms with Crippen molar-refractivity contribution in [2.75, 3.05) is 6.54 Å². The van der Waals surface area contributed by atoms with Gasteiger partial charge in [0.15, 0.2) is 0 Å². The minimum Gasteiger partial charge on any atom is -0.506 e. The number of benzene rings is 2. The van der Waals surface area contributed by atoms with Gasteiger partial charge in [0, 0.05) is 24.0 Å². The third kappa shape index (κ3) is 4.13. The maximum Gasteiger partial charge on any atom is 0.248 e. The van der Waals surface area contributed by atoms with Crippen LogP contribution in [-0.2, 0) is 25.7 Å². The van der Waals surface area contributed by atoms with Crippen LogP contribution in [0.2, 0.25) is 0 Å². The number of aliphatic hydroxyl groups is 1. The number of phenols is 1. The summed E-state index contributed by atoms with van der Waals surface area (Å²) in [6.45, 7) is 4.83. The minimum absolute atomic E-state index is 0. The fourth-order valence-electron chi connectivity index (χ4n) is 4.51. The van der Waals surface area contributed by atoms with Crippen molar-refractivity contribution < 1.29 is 10.2 Å². The molecule has 4 N–H and O–H groups in total. The van der Waals surface area contributed by atoms with Crippen molar-refractivity contribution in [1.29, 1.82) is 0 Å². The number of nitrogens with one attached hydrogen (secondary N) is 2. The summed E-state index contributed by atoms with van der Waals surface area (Å²) < 4.78 is 0. The Morgan fingerprint density at radius 3 is 2.30 bits per heavy atom. The van der Waals surface area contributed by atoms with E-state index in [1.165, 1.54) is 34.4 Å². The van der Waals surface area contributed by atoms with Gasteiger partial charge in [-0.25, -0.2) is 0 Å². The summed E-state index contributed by atoms with van der Waals surface area (Å²) in [7, 11) is 0. The molecule has 0 saturated carbocycles. The van der Waals surface area contributed by atoms with Gasteiger partial charge in [0.2, 0.25) is 5.56 Å². The van der Waals surface area contributed by atoms with E-state index in [-0.39, 0.29) is 18.7 Å². The Hall–Kier alpha value is -2.63. The molecule has 160 valence electrons. The predicted octanol–water partition coefficient (Wildman–Crippen LogP) is 3.60. The number of aromatic amines is 1. The maximum atomic E-state index is 11.6. The van der Waals surface area contributed by atoms with Gasteiger partial charge in [-0.3, -0.25) is 4.79 Å². The standard InChI is InChI=1S/C24H28N2O3.CH3/c1-3-14-9-16-11-18(12-17(16)10-15(14)4-2)25-13-22(28)19-5-7-21(27)24-20(19)6-8-23(29)26-24;/h5-10,18,22,25,27-28H,3-4,11-13H2,1-2H3,(H,26,29);1H3/q;-1/t22-;/m1./s1. The predicted molar refractivity (Wildman–Crippen MR) is 122 cm³/mol. The zero-order chi connectivity index (χ0) is 20.5. The molecular formula is C25H31N2O3-. The second-order valence-corrected chi connectivity index (χ2v) is 7.91. The molecule has 3 aromatic rings. The lowest BCUT2D eigenvalue weighted by atomic mass is 9.97. The van der Waals surface area contributed by atoms with Crippen molar-refractivity contribution in [3.8, 4) is 5.75 Å². The van der Waals surface area contributed by atoms with Crippen LogP contribution in [0.15, 0.2) is 41.2 Å². The monoisotopic (exact) mass is 407 g/mol. The fraction of sp³-hybridized carbons (Fsp3) is 0.360. The van der Waals surface area contributed by atoms with Gasteiger partial charge in [0.25, 0.3) is 0 Å². The Labute approximate surface area is 177 Å². The number of hydrogen-bond donors (Lipinski definition) is 4. The van der Waals surface area contributed by atoms with Crippen LogP contribution in [-0.4, -0.2) is 27.8 Å². The number of H-pyrrole nitrogens is 1. The van der Waals surface area contributed by atoms with Crippen LogP contribution < -0.4 is 10.9 Å². The molecule has 4 rings (SSSR count). The summed E-state index contributed by atoms with van der Waals surface area (Å²) in [5, 5.41) is 25.0. The van der Waals surface area contributed by atoms with E-state index in [2.05, 4.69) is 36.3 Å². The van der Waals surface area contributed by atoms with Gasteiger partial charge in [0.1, 0.15) is 5.75 Å². The van der Waals surface area contributed by atoms with Crippen molar-refractivity contribution in [1.82, 2.24) is 10.3 Å². The van der Waals surface area contributed by atoms with Crippen molar-refractivity contribution >= 4 is 10.9 Å². The zero-order valence-electron chi connectivity index (χ0n) is 18.0. The van der Waals surface area contributed by atoms with E-state index >= 15 is 0 Å². The van der Waals surface area contributed by atoms with Gasteiger partial charge in [-0.1, -0.05) is 32.0 Å². The molecule has 2 aromatic carbocycles. The van der Waals surface area contributed by atoms with Gasteiger partial charge < -0.3 is 27.9 Å². The van der Waals surface area contributed by atoms with E-state index in [9.17, 15) is 15.0 Å². The van der Waals surface area contributed by atoms with E-state index in [4.69, 9.17) is 0 Å². The van der Waals surface area contributed by atoms with Crippen LogP contribution in [0.25, 0.3) is 10.9 Å².